The van der Waals surface area contributed by atoms with Gasteiger partial charge in [-0.15, -0.1) is 11.3 Å². The van der Waals surface area contributed by atoms with Gasteiger partial charge in [0.2, 0.25) is 0 Å². The van der Waals surface area contributed by atoms with Gasteiger partial charge >= 0.3 is 0 Å². The minimum Gasteiger partial charge on any atom is -0.376 e. The summed E-state index contributed by atoms with van der Waals surface area (Å²) in [5, 5.41) is 10.8. The Morgan fingerprint density at radius 3 is 3.00 bits per heavy atom. The van der Waals surface area contributed by atoms with Crippen LogP contribution in [0.25, 0.3) is 0 Å². The highest BCUT2D eigenvalue weighted by Gasteiger charge is 2.07. The van der Waals surface area contributed by atoms with E-state index in [1.807, 2.05) is 28.5 Å². The summed E-state index contributed by atoms with van der Waals surface area (Å²) in [4.78, 5) is 4.34. The van der Waals surface area contributed by atoms with Crippen molar-refractivity contribution in [3.63, 3.8) is 0 Å². The summed E-state index contributed by atoms with van der Waals surface area (Å²) in [6.45, 7) is 2.91. The van der Waals surface area contributed by atoms with E-state index in [0.29, 0.717) is 0 Å². The summed E-state index contributed by atoms with van der Waals surface area (Å²) in [5.74, 6) is 0. The third kappa shape index (κ3) is 3.05. The number of nitrogens with one attached hydrogen (secondary N) is 1. The second-order valence-corrected chi connectivity index (χ2v) is 5.57. The molecule has 5 heteroatoms. The standard InChI is InChI=1S/C15H16N4S/c1-12(15-16-7-9-20-15)18-14-5-2-4-13(10-14)11-19-8-3-6-17-19/h2-10,12,18H,11H2,1H3. The van der Waals surface area contributed by atoms with Gasteiger partial charge in [0.25, 0.3) is 0 Å². The quantitative estimate of drug-likeness (QED) is 0.779. The van der Waals surface area contributed by atoms with E-state index in [0.717, 1.165) is 17.2 Å². The second kappa shape index (κ2) is 5.88. The van der Waals surface area contributed by atoms with Gasteiger partial charge in [-0.05, 0) is 30.7 Å². The molecule has 0 fully saturated rings. The van der Waals surface area contributed by atoms with Crippen LogP contribution in [0.5, 0.6) is 0 Å². The number of hydrogen-bond acceptors (Lipinski definition) is 4. The fourth-order valence-corrected chi connectivity index (χ4v) is 2.75. The van der Waals surface area contributed by atoms with Crippen molar-refractivity contribution in [2.45, 2.75) is 19.5 Å². The SMILES string of the molecule is CC(Nc1cccc(Cn2cccn2)c1)c1nccs1. The largest absolute Gasteiger partial charge is 0.376 e. The van der Waals surface area contributed by atoms with Crippen molar-refractivity contribution in [1.82, 2.24) is 14.8 Å². The fraction of sp³-hybridized carbons (Fsp3) is 0.200. The Balaban J connectivity index is 1.71. The average molecular weight is 284 g/mol. The van der Waals surface area contributed by atoms with Crippen LogP contribution in [0.15, 0.2) is 54.3 Å². The molecule has 0 aliphatic rings. The summed E-state index contributed by atoms with van der Waals surface area (Å²) in [6, 6.07) is 10.6. The van der Waals surface area contributed by atoms with Gasteiger partial charge in [0.1, 0.15) is 5.01 Å². The zero-order valence-corrected chi connectivity index (χ0v) is 12.0. The number of thiazole rings is 1. The molecule has 3 rings (SSSR count). The van der Waals surface area contributed by atoms with Crippen molar-refractivity contribution in [3.05, 3.63) is 64.9 Å². The Kier molecular flexibility index (Phi) is 3.78. The zero-order valence-electron chi connectivity index (χ0n) is 11.2. The first kappa shape index (κ1) is 12.9. The van der Waals surface area contributed by atoms with E-state index in [2.05, 4.69) is 46.6 Å². The predicted octanol–water partition coefficient (Wildman–Crippen LogP) is 3.56. The van der Waals surface area contributed by atoms with E-state index < -0.39 is 0 Å². The summed E-state index contributed by atoms with van der Waals surface area (Å²) >= 11 is 1.67. The minimum atomic E-state index is 0.218. The maximum absolute atomic E-state index is 4.34. The van der Waals surface area contributed by atoms with Gasteiger partial charge in [0.15, 0.2) is 0 Å². The Labute approximate surface area is 122 Å². The molecule has 0 aliphatic carbocycles. The summed E-state index contributed by atoms with van der Waals surface area (Å²) in [7, 11) is 0. The molecule has 0 saturated carbocycles. The molecule has 0 bridgehead atoms. The van der Waals surface area contributed by atoms with Crippen molar-refractivity contribution >= 4 is 17.0 Å². The molecule has 1 unspecified atom stereocenters. The molecule has 1 N–H and O–H groups in total. The van der Waals surface area contributed by atoms with Gasteiger partial charge in [0, 0.05) is 29.7 Å². The molecule has 3 aromatic rings. The lowest BCUT2D eigenvalue weighted by atomic mass is 10.2. The van der Waals surface area contributed by atoms with Crippen molar-refractivity contribution in [2.75, 3.05) is 5.32 Å². The van der Waals surface area contributed by atoms with Gasteiger partial charge in [-0.2, -0.15) is 5.10 Å². The maximum atomic E-state index is 4.34. The maximum Gasteiger partial charge on any atom is 0.115 e. The van der Waals surface area contributed by atoms with E-state index in [1.54, 1.807) is 17.5 Å². The summed E-state index contributed by atoms with van der Waals surface area (Å²) < 4.78 is 1.92. The number of hydrogen-bond donors (Lipinski definition) is 1. The van der Waals surface area contributed by atoms with Crippen molar-refractivity contribution in [3.8, 4) is 0 Å². The van der Waals surface area contributed by atoms with E-state index in [9.17, 15) is 0 Å². The molecule has 20 heavy (non-hydrogen) atoms. The molecule has 2 heterocycles. The molecule has 0 spiro atoms. The lowest BCUT2D eigenvalue weighted by Crippen LogP contribution is -2.07. The lowest BCUT2D eigenvalue weighted by Gasteiger charge is -2.13. The number of benzene rings is 1. The van der Waals surface area contributed by atoms with Gasteiger partial charge in [0.05, 0.1) is 12.6 Å². The topological polar surface area (TPSA) is 42.7 Å². The van der Waals surface area contributed by atoms with Gasteiger partial charge in [-0.25, -0.2) is 4.98 Å². The third-order valence-corrected chi connectivity index (χ3v) is 3.99. The molecular weight excluding hydrogens is 268 g/mol. The van der Waals surface area contributed by atoms with Crippen LogP contribution in [0.2, 0.25) is 0 Å². The van der Waals surface area contributed by atoms with Crippen molar-refractivity contribution in [1.29, 1.82) is 0 Å². The van der Waals surface area contributed by atoms with Gasteiger partial charge in [-0.3, -0.25) is 4.68 Å². The smallest absolute Gasteiger partial charge is 0.115 e. The molecule has 102 valence electrons. The first-order chi connectivity index (χ1) is 9.81. The summed E-state index contributed by atoms with van der Waals surface area (Å²) in [6.07, 6.45) is 5.61. The Bertz CT molecular complexity index is 646. The highest BCUT2D eigenvalue weighted by Crippen LogP contribution is 2.21. The van der Waals surface area contributed by atoms with Crippen molar-refractivity contribution < 1.29 is 0 Å². The number of rotatable bonds is 5. The normalized spacial score (nSPS) is 12.2. The van der Waals surface area contributed by atoms with Crippen LogP contribution in [-0.4, -0.2) is 14.8 Å². The Morgan fingerprint density at radius 1 is 1.30 bits per heavy atom. The van der Waals surface area contributed by atoms with Gasteiger partial charge in [-0.1, -0.05) is 12.1 Å². The first-order valence-corrected chi connectivity index (χ1v) is 7.41. The molecule has 0 saturated heterocycles. The Morgan fingerprint density at radius 2 is 2.25 bits per heavy atom. The lowest BCUT2D eigenvalue weighted by molar-refractivity contribution is 0.687. The molecule has 1 aromatic carbocycles. The van der Waals surface area contributed by atoms with E-state index in [4.69, 9.17) is 0 Å². The van der Waals surface area contributed by atoms with Crippen LogP contribution in [0.3, 0.4) is 0 Å². The highest BCUT2D eigenvalue weighted by atomic mass is 32.1. The highest BCUT2D eigenvalue weighted by molar-refractivity contribution is 7.09. The van der Waals surface area contributed by atoms with Crippen LogP contribution in [0.1, 0.15) is 23.5 Å². The zero-order chi connectivity index (χ0) is 13.8. The number of aromatic nitrogens is 3. The monoisotopic (exact) mass is 284 g/mol. The third-order valence-electron chi connectivity index (χ3n) is 3.04. The van der Waals surface area contributed by atoms with E-state index >= 15 is 0 Å². The minimum absolute atomic E-state index is 0.218. The van der Waals surface area contributed by atoms with Crippen LogP contribution in [0, 0.1) is 0 Å². The molecule has 0 aliphatic heterocycles. The molecule has 1 atom stereocenters. The molecule has 0 amide bonds. The second-order valence-electron chi connectivity index (χ2n) is 4.64. The van der Waals surface area contributed by atoms with E-state index in [1.165, 1.54) is 5.56 Å². The van der Waals surface area contributed by atoms with Crippen LogP contribution in [0.4, 0.5) is 5.69 Å². The first-order valence-electron chi connectivity index (χ1n) is 6.53. The van der Waals surface area contributed by atoms with Crippen LogP contribution >= 0.6 is 11.3 Å². The average Bonchev–Trinajstić information content (AvgIpc) is 3.12. The van der Waals surface area contributed by atoms with Crippen molar-refractivity contribution in [2.24, 2.45) is 0 Å². The number of anilines is 1. The predicted molar refractivity (Wildman–Crippen MR) is 81.9 cm³/mol. The summed E-state index contributed by atoms with van der Waals surface area (Å²) in [5.41, 5.74) is 2.34. The Hall–Kier alpha value is -2.14. The fourth-order valence-electron chi connectivity index (χ4n) is 2.10. The van der Waals surface area contributed by atoms with Crippen LogP contribution in [-0.2, 0) is 6.54 Å². The van der Waals surface area contributed by atoms with Gasteiger partial charge < -0.3 is 5.32 Å². The number of nitrogens with zero attached hydrogens (tertiary/aromatic N) is 3. The molecule has 0 radical (unpaired) electrons. The van der Waals surface area contributed by atoms with Crippen LogP contribution < -0.4 is 5.32 Å². The molecule has 2 aromatic heterocycles. The molecular formula is C15H16N4S. The molecule has 4 nitrogen and oxygen atoms in total. The van der Waals surface area contributed by atoms with E-state index in [-0.39, 0.29) is 6.04 Å².